The number of carboxylic acid groups (broad SMARTS) is 1. The average molecular weight is 249 g/mol. The van der Waals surface area contributed by atoms with Gasteiger partial charge >= 0.3 is 5.97 Å². The lowest BCUT2D eigenvalue weighted by molar-refractivity contribution is 0.0680. The van der Waals surface area contributed by atoms with Crippen LogP contribution >= 0.6 is 0 Å². The zero-order valence-corrected chi connectivity index (χ0v) is 9.29. The molecule has 0 bridgehead atoms. The molecule has 0 unspecified atom stereocenters. The Balaban J connectivity index is 0.000000771. The molecule has 0 saturated carbocycles. The Labute approximate surface area is 101 Å². The Morgan fingerprint density at radius 3 is 2.67 bits per heavy atom. The number of carboxylic acids is 1. The van der Waals surface area contributed by atoms with Gasteiger partial charge in [-0.15, -0.1) is 0 Å². The molecule has 1 aromatic heterocycles. The van der Waals surface area contributed by atoms with Gasteiger partial charge in [0, 0.05) is 6.57 Å². The molecule has 92 valence electrons. The van der Waals surface area contributed by atoms with E-state index in [9.17, 15) is 9.18 Å². The summed E-state index contributed by atoms with van der Waals surface area (Å²) >= 11 is 0. The van der Waals surface area contributed by atoms with Crippen molar-refractivity contribution in [1.82, 2.24) is 10.1 Å². The molecule has 7 heteroatoms. The standard InChI is InChI=1S/C10H7FN2O3.CHN/c1-5-2-3-6(7(11)4-5)9-12-8(10(14)15)13-16-9;1-2/h2-4H,1H3,(H,14,15);1H. The molecule has 0 aliphatic heterocycles. The summed E-state index contributed by atoms with van der Waals surface area (Å²) in [5, 5.41) is 18.3. The monoisotopic (exact) mass is 249 g/mol. The van der Waals surface area contributed by atoms with Crippen LogP contribution in [0.4, 0.5) is 4.39 Å². The average Bonchev–Trinajstić information content (AvgIpc) is 2.81. The van der Waals surface area contributed by atoms with Crippen molar-refractivity contribution in [3.63, 3.8) is 0 Å². The van der Waals surface area contributed by atoms with Crippen molar-refractivity contribution in [2.75, 3.05) is 0 Å². The van der Waals surface area contributed by atoms with E-state index in [0.717, 1.165) is 5.56 Å². The normalized spacial score (nSPS) is 9.33. The summed E-state index contributed by atoms with van der Waals surface area (Å²) in [6, 6.07) is 4.44. The van der Waals surface area contributed by atoms with Crippen LogP contribution in [0.5, 0.6) is 0 Å². The number of carbonyl (C=O) groups is 1. The minimum Gasteiger partial charge on any atom is -0.475 e. The third-order valence-electron chi connectivity index (χ3n) is 1.97. The fourth-order valence-electron chi connectivity index (χ4n) is 1.21. The molecule has 2 aromatic rings. The number of hydrogen-bond acceptors (Lipinski definition) is 5. The Kier molecular flexibility index (Phi) is 4.10. The number of hydrogen-bond donors (Lipinski definition) is 1. The van der Waals surface area contributed by atoms with Gasteiger partial charge in [0.25, 0.3) is 11.7 Å². The number of rotatable bonds is 2. The second-order valence-corrected chi connectivity index (χ2v) is 3.21. The molecule has 2 rings (SSSR count). The van der Waals surface area contributed by atoms with Crippen LogP contribution in [0.1, 0.15) is 16.2 Å². The molecule has 0 aliphatic carbocycles. The Bertz CT molecular complexity index is 592. The Hall–Kier alpha value is -2.75. The van der Waals surface area contributed by atoms with Gasteiger partial charge in [-0.2, -0.15) is 4.98 Å². The largest absolute Gasteiger partial charge is 0.475 e. The summed E-state index contributed by atoms with van der Waals surface area (Å²) in [7, 11) is 0. The van der Waals surface area contributed by atoms with Crippen molar-refractivity contribution in [3.05, 3.63) is 35.4 Å². The maximum atomic E-state index is 13.5. The summed E-state index contributed by atoms with van der Waals surface area (Å²) in [6.45, 7) is 5.24. The van der Waals surface area contributed by atoms with Crippen LogP contribution in [0.2, 0.25) is 0 Å². The number of nitriles is 1. The van der Waals surface area contributed by atoms with Gasteiger partial charge < -0.3 is 9.63 Å². The van der Waals surface area contributed by atoms with Crippen LogP contribution in [0.3, 0.4) is 0 Å². The SMILES string of the molecule is C#N.Cc1ccc(-c2nc(C(=O)O)no2)c(F)c1. The molecule has 1 N–H and O–H groups in total. The van der Waals surface area contributed by atoms with Crippen LogP contribution in [-0.4, -0.2) is 21.2 Å². The summed E-state index contributed by atoms with van der Waals surface area (Å²) in [6.07, 6.45) is 0. The van der Waals surface area contributed by atoms with Crippen molar-refractivity contribution in [3.8, 4) is 18.0 Å². The van der Waals surface area contributed by atoms with Gasteiger partial charge in [0.05, 0.1) is 5.56 Å². The molecule has 1 aromatic carbocycles. The van der Waals surface area contributed by atoms with E-state index in [2.05, 4.69) is 21.2 Å². The maximum Gasteiger partial charge on any atom is 0.377 e. The number of aromatic carboxylic acids is 1. The Morgan fingerprint density at radius 2 is 2.17 bits per heavy atom. The highest BCUT2D eigenvalue weighted by atomic mass is 19.1. The zero-order valence-electron chi connectivity index (χ0n) is 9.29. The van der Waals surface area contributed by atoms with Gasteiger partial charge in [0.15, 0.2) is 0 Å². The van der Waals surface area contributed by atoms with Gasteiger partial charge in [-0.25, -0.2) is 14.4 Å². The lowest BCUT2D eigenvalue weighted by Crippen LogP contribution is -1.98. The first-order chi connectivity index (χ1) is 8.58. The van der Waals surface area contributed by atoms with E-state index in [1.165, 1.54) is 12.1 Å². The van der Waals surface area contributed by atoms with Crippen molar-refractivity contribution >= 4 is 5.97 Å². The van der Waals surface area contributed by atoms with Crippen LogP contribution in [-0.2, 0) is 0 Å². The maximum absolute atomic E-state index is 13.5. The zero-order chi connectivity index (χ0) is 13.7. The number of benzene rings is 1. The summed E-state index contributed by atoms with van der Waals surface area (Å²) in [5.41, 5.74) is 0.838. The van der Waals surface area contributed by atoms with E-state index in [4.69, 9.17) is 10.4 Å². The molecule has 0 fully saturated rings. The summed E-state index contributed by atoms with van der Waals surface area (Å²) < 4.78 is 18.1. The van der Waals surface area contributed by atoms with Crippen LogP contribution in [0.15, 0.2) is 22.7 Å². The number of aryl methyl sites for hydroxylation is 1. The second-order valence-electron chi connectivity index (χ2n) is 3.21. The second kappa shape index (κ2) is 5.54. The van der Waals surface area contributed by atoms with E-state index in [0.29, 0.717) is 0 Å². The topological polar surface area (TPSA) is 100 Å². The minimum atomic E-state index is -1.32. The lowest BCUT2D eigenvalue weighted by atomic mass is 10.1. The van der Waals surface area contributed by atoms with Crippen molar-refractivity contribution in [2.24, 2.45) is 0 Å². The molecule has 6 nitrogen and oxygen atoms in total. The predicted molar refractivity (Wildman–Crippen MR) is 58.1 cm³/mol. The molecule has 0 amide bonds. The molecule has 0 aliphatic rings. The van der Waals surface area contributed by atoms with Crippen LogP contribution < -0.4 is 0 Å². The van der Waals surface area contributed by atoms with Crippen LogP contribution in [0, 0.1) is 24.6 Å². The molecular weight excluding hydrogens is 241 g/mol. The first kappa shape index (κ1) is 13.3. The van der Waals surface area contributed by atoms with Gasteiger partial charge in [-0.05, 0) is 29.8 Å². The van der Waals surface area contributed by atoms with E-state index in [1.807, 2.05) is 0 Å². The number of aromatic nitrogens is 2. The summed E-state index contributed by atoms with van der Waals surface area (Å²) in [4.78, 5) is 14.1. The van der Waals surface area contributed by atoms with E-state index < -0.39 is 17.6 Å². The van der Waals surface area contributed by atoms with Gasteiger partial charge in [-0.3, -0.25) is 0 Å². The van der Waals surface area contributed by atoms with Gasteiger partial charge in [0.1, 0.15) is 5.82 Å². The van der Waals surface area contributed by atoms with E-state index in [-0.39, 0.29) is 11.5 Å². The smallest absolute Gasteiger partial charge is 0.377 e. The van der Waals surface area contributed by atoms with Crippen molar-refractivity contribution in [2.45, 2.75) is 6.92 Å². The molecule has 0 saturated heterocycles. The first-order valence-electron chi connectivity index (χ1n) is 4.67. The minimum absolute atomic E-state index is 0.0885. The van der Waals surface area contributed by atoms with Gasteiger partial charge in [0.2, 0.25) is 0 Å². The third kappa shape index (κ3) is 2.68. The first-order valence-corrected chi connectivity index (χ1v) is 4.67. The van der Waals surface area contributed by atoms with Crippen molar-refractivity contribution in [1.29, 1.82) is 5.26 Å². The highest BCUT2D eigenvalue weighted by Crippen LogP contribution is 2.21. The molecule has 0 atom stereocenters. The number of nitrogens with zero attached hydrogens (tertiary/aromatic N) is 3. The van der Waals surface area contributed by atoms with Crippen molar-refractivity contribution < 1.29 is 18.8 Å². The third-order valence-corrected chi connectivity index (χ3v) is 1.97. The highest BCUT2D eigenvalue weighted by molar-refractivity contribution is 5.83. The molecule has 0 radical (unpaired) electrons. The predicted octanol–water partition coefficient (Wildman–Crippen LogP) is 2.02. The fourth-order valence-corrected chi connectivity index (χ4v) is 1.21. The molecule has 0 spiro atoms. The molecule has 1 heterocycles. The fraction of sp³-hybridized carbons (Fsp3) is 0.0909. The highest BCUT2D eigenvalue weighted by Gasteiger charge is 2.16. The molecule has 18 heavy (non-hydrogen) atoms. The summed E-state index contributed by atoms with van der Waals surface area (Å²) in [5.74, 6) is -2.48. The molecular formula is C11H8FN3O3. The van der Waals surface area contributed by atoms with Crippen LogP contribution in [0.25, 0.3) is 11.5 Å². The quantitative estimate of drug-likeness (QED) is 0.873. The lowest BCUT2D eigenvalue weighted by Gasteiger charge is -1.97. The van der Waals surface area contributed by atoms with Gasteiger partial charge in [-0.1, -0.05) is 6.07 Å². The van der Waals surface area contributed by atoms with E-state index in [1.54, 1.807) is 13.0 Å². The van der Waals surface area contributed by atoms with E-state index >= 15 is 0 Å². The number of halogens is 1. The Morgan fingerprint density at radius 1 is 1.50 bits per heavy atom.